The number of hydrogen-bond donors (Lipinski definition) is 3. The van der Waals surface area contributed by atoms with Gasteiger partial charge in [-0.3, -0.25) is 25.8 Å². The molecular formula is C21H23FN6O3. The van der Waals surface area contributed by atoms with E-state index in [1.807, 2.05) is 0 Å². The zero-order valence-corrected chi connectivity index (χ0v) is 16.8. The first kappa shape index (κ1) is 19.7. The Labute approximate surface area is 178 Å². The van der Waals surface area contributed by atoms with Crippen LogP contribution in [0.15, 0.2) is 30.6 Å². The van der Waals surface area contributed by atoms with Gasteiger partial charge in [0.05, 0.1) is 4.92 Å². The average molecular weight is 426 g/mol. The molecule has 4 saturated carbocycles. The number of hydrazine groups is 1. The predicted molar refractivity (Wildman–Crippen MR) is 111 cm³/mol. The average Bonchev–Trinajstić information content (AvgIpc) is 2.71. The Kier molecular flexibility index (Phi) is 4.71. The molecule has 4 aliphatic rings. The van der Waals surface area contributed by atoms with Gasteiger partial charge in [-0.25, -0.2) is 14.4 Å². The lowest BCUT2D eigenvalue weighted by Crippen LogP contribution is -2.55. The highest BCUT2D eigenvalue weighted by molar-refractivity contribution is 5.95. The first-order valence-electron chi connectivity index (χ1n) is 10.5. The van der Waals surface area contributed by atoms with Crippen molar-refractivity contribution in [2.45, 2.75) is 44.1 Å². The van der Waals surface area contributed by atoms with Gasteiger partial charge in [-0.1, -0.05) is 0 Å². The normalized spacial score (nSPS) is 28.2. The summed E-state index contributed by atoms with van der Waals surface area (Å²) in [4.78, 5) is 31.7. The third-order valence-electron chi connectivity index (χ3n) is 6.83. The molecule has 4 bridgehead atoms. The lowest BCUT2D eigenvalue weighted by atomic mass is 9.53. The van der Waals surface area contributed by atoms with Crippen LogP contribution in [0.1, 0.15) is 48.9 Å². The van der Waals surface area contributed by atoms with Crippen molar-refractivity contribution < 1.29 is 14.1 Å². The van der Waals surface area contributed by atoms with Gasteiger partial charge in [-0.05, 0) is 80.5 Å². The molecular weight excluding hydrogens is 403 g/mol. The van der Waals surface area contributed by atoms with Gasteiger partial charge in [0.15, 0.2) is 0 Å². The van der Waals surface area contributed by atoms with Gasteiger partial charge in [0.25, 0.3) is 5.91 Å². The van der Waals surface area contributed by atoms with Gasteiger partial charge < -0.3 is 5.32 Å². The maximum Gasteiger partial charge on any atom is 0.354 e. The minimum absolute atomic E-state index is 0.109. The number of anilines is 2. The Hall–Kier alpha value is -3.30. The highest BCUT2D eigenvalue weighted by Gasteiger charge is 2.51. The highest BCUT2D eigenvalue weighted by atomic mass is 19.1. The molecule has 4 fully saturated rings. The number of nitrogens with zero attached hydrogens (tertiary/aromatic N) is 3. The van der Waals surface area contributed by atoms with Crippen LogP contribution in [-0.2, 0) is 0 Å². The van der Waals surface area contributed by atoms with Gasteiger partial charge in [0.1, 0.15) is 12.1 Å². The number of rotatable bonds is 6. The fourth-order valence-electron chi connectivity index (χ4n) is 6.04. The first-order chi connectivity index (χ1) is 14.9. The minimum atomic E-state index is -0.566. The van der Waals surface area contributed by atoms with Crippen LogP contribution in [-0.4, -0.2) is 26.3 Å². The third kappa shape index (κ3) is 3.77. The van der Waals surface area contributed by atoms with Crippen LogP contribution in [0.2, 0.25) is 0 Å². The molecule has 4 aliphatic carbocycles. The second kappa shape index (κ2) is 7.44. The van der Waals surface area contributed by atoms with Crippen LogP contribution >= 0.6 is 0 Å². The Balaban J connectivity index is 1.36. The lowest BCUT2D eigenvalue weighted by Gasteiger charge is -2.57. The summed E-state index contributed by atoms with van der Waals surface area (Å²) in [5, 5.41) is 15.3. The van der Waals surface area contributed by atoms with Crippen molar-refractivity contribution in [3.05, 3.63) is 52.1 Å². The Morgan fingerprint density at radius 3 is 2.19 bits per heavy atom. The van der Waals surface area contributed by atoms with Gasteiger partial charge in [0, 0.05) is 11.1 Å². The molecule has 31 heavy (non-hydrogen) atoms. The lowest BCUT2D eigenvalue weighted by molar-refractivity contribution is -0.383. The van der Waals surface area contributed by atoms with Crippen LogP contribution in [0.4, 0.5) is 21.7 Å². The summed E-state index contributed by atoms with van der Waals surface area (Å²) in [7, 11) is 0. The van der Waals surface area contributed by atoms with Gasteiger partial charge in [-0.2, -0.15) is 0 Å². The molecule has 0 aliphatic heterocycles. The van der Waals surface area contributed by atoms with Crippen LogP contribution in [0.25, 0.3) is 0 Å². The summed E-state index contributed by atoms with van der Waals surface area (Å²) >= 11 is 0. The molecule has 6 rings (SSSR count). The number of amides is 1. The van der Waals surface area contributed by atoms with Crippen molar-refractivity contribution in [1.82, 2.24) is 15.4 Å². The van der Waals surface area contributed by atoms with E-state index in [1.54, 1.807) is 0 Å². The molecule has 0 spiro atoms. The summed E-state index contributed by atoms with van der Waals surface area (Å²) in [6.45, 7) is 0. The van der Waals surface area contributed by atoms with Crippen molar-refractivity contribution >= 4 is 23.2 Å². The summed E-state index contributed by atoms with van der Waals surface area (Å²) < 4.78 is 13.0. The number of aromatic nitrogens is 2. The Morgan fingerprint density at radius 2 is 1.61 bits per heavy atom. The molecule has 162 valence electrons. The van der Waals surface area contributed by atoms with E-state index in [2.05, 4.69) is 26.1 Å². The number of nitrogens with one attached hydrogen (secondary N) is 3. The van der Waals surface area contributed by atoms with E-state index in [-0.39, 0.29) is 28.4 Å². The molecule has 10 heteroatoms. The van der Waals surface area contributed by atoms with Gasteiger partial charge in [0.2, 0.25) is 11.6 Å². The Bertz CT molecular complexity index is 993. The molecule has 1 heterocycles. The smallest absolute Gasteiger partial charge is 0.354 e. The fraction of sp³-hybridized carbons (Fsp3) is 0.476. The molecule has 0 atom stereocenters. The molecule has 0 saturated heterocycles. The topological polar surface area (TPSA) is 122 Å². The number of halogens is 1. The van der Waals surface area contributed by atoms with E-state index in [0.29, 0.717) is 17.8 Å². The van der Waals surface area contributed by atoms with Gasteiger partial charge in [-0.15, -0.1) is 0 Å². The Morgan fingerprint density at radius 1 is 1.03 bits per heavy atom. The zero-order valence-electron chi connectivity index (χ0n) is 16.8. The number of hydrogen-bond acceptors (Lipinski definition) is 7. The van der Waals surface area contributed by atoms with E-state index >= 15 is 0 Å². The molecule has 1 amide bonds. The van der Waals surface area contributed by atoms with Crippen molar-refractivity contribution in [2.75, 3.05) is 10.7 Å². The van der Waals surface area contributed by atoms with E-state index in [4.69, 9.17) is 0 Å². The van der Waals surface area contributed by atoms with Crippen molar-refractivity contribution in [3.8, 4) is 0 Å². The van der Waals surface area contributed by atoms with Crippen molar-refractivity contribution in [2.24, 2.45) is 17.8 Å². The van der Waals surface area contributed by atoms with E-state index < -0.39 is 16.6 Å². The molecule has 0 radical (unpaired) electrons. The summed E-state index contributed by atoms with van der Waals surface area (Å²) in [6.07, 6.45) is 8.03. The van der Waals surface area contributed by atoms with Crippen molar-refractivity contribution in [1.29, 1.82) is 0 Å². The van der Waals surface area contributed by atoms with E-state index in [9.17, 15) is 19.3 Å². The summed E-state index contributed by atoms with van der Waals surface area (Å²) in [5.74, 6) is 1.05. The van der Waals surface area contributed by atoms with Crippen LogP contribution in [0.3, 0.4) is 0 Å². The molecule has 9 nitrogen and oxygen atoms in total. The summed E-state index contributed by atoms with van der Waals surface area (Å²) in [6, 6.07) is 4.96. The zero-order chi connectivity index (χ0) is 21.6. The second-order valence-electron chi connectivity index (χ2n) is 9.09. The van der Waals surface area contributed by atoms with Gasteiger partial charge >= 0.3 is 5.69 Å². The minimum Gasteiger partial charge on any atom is -0.359 e. The quantitative estimate of drug-likeness (QED) is 0.476. The number of carbonyl (C=O) groups excluding carboxylic acids is 1. The van der Waals surface area contributed by atoms with Crippen LogP contribution in [0, 0.1) is 33.7 Å². The summed E-state index contributed by atoms with van der Waals surface area (Å²) in [5.41, 5.74) is 4.65. The van der Waals surface area contributed by atoms with E-state index in [1.165, 1.54) is 37.7 Å². The second-order valence-corrected chi connectivity index (χ2v) is 9.09. The van der Waals surface area contributed by atoms with Crippen LogP contribution in [0.5, 0.6) is 0 Å². The monoisotopic (exact) mass is 426 g/mol. The third-order valence-corrected chi connectivity index (χ3v) is 6.83. The van der Waals surface area contributed by atoms with E-state index in [0.717, 1.165) is 31.4 Å². The maximum absolute atomic E-state index is 13.0. The first-order valence-corrected chi connectivity index (χ1v) is 10.5. The molecule has 2 aromatic rings. The SMILES string of the molecule is O=C(NNc1ncnc(NC23CC4CC(CC(C4)C2)C3)c1[N+](=O)[O-])c1ccc(F)cc1. The fourth-order valence-corrected chi connectivity index (χ4v) is 6.04. The number of carbonyl (C=O) groups is 1. The predicted octanol–water partition coefficient (Wildman–Crippen LogP) is 3.66. The standard InChI is InChI=1S/C21H23FN6O3/c22-16-3-1-15(2-4-16)20(29)27-26-19-17(28(30)31)18(23-11-24-19)25-21-8-12-5-13(9-21)7-14(6-12)10-21/h1-4,11-14H,5-10H2,(H,27,29)(H2,23,24,25,26). The molecule has 1 aromatic heterocycles. The molecule has 0 unspecified atom stereocenters. The molecule has 1 aromatic carbocycles. The number of nitro groups is 1. The van der Waals surface area contributed by atoms with Crippen LogP contribution < -0.4 is 16.2 Å². The van der Waals surface area contributed by atoms with Crippen molar-refractivity contribution in [3.63, 3.8) is 0 Å². The number of benzene rings is 1. The highest BCUT2D eigenvalue weighted by Crippen LogP contribution is 2.56. The molecule has 3 N–H and O–H groups in total. The maximum atomic E-state index is 13.0. The largest absolute Gasteiger partial charge is 0.359 e.